The van der Waals surface area contributed by atoms with Gasteiger partial charge in [-0.2, -0.15) is 5.10 Å². The van der Waals surface area contributed by atoms with Crippen LogP contribution in [-0.4, -0.2) is 19.6 Å². The Hall–Kier alpha value is -1.45. The van der Waals surface area contributed by atoms with Crippen LogP contribution in [0.2, 0.25) is 0 Å². The van der Waals surface area contributed by atoms with Crippen LogP contribution in [0.4, 0.5) is 0 Å². The number of fused-ring (bicyclic) bond motifs is 1. The molecule has 0 fully saturated rings. The summed E-state index contributed by atoms with van der Waals surface area (Å²) in [5.74, 6) is 0. The summed E-state index contributed by atoms with van der Waals surface area (Å²) in [6.45, 7) is 1.91. The highest BCUT2D eigenvalue weighted by Crippen LogP contribution is 1.99. The maximum Gasteiger partial charge on any atom is 0.174 e. The second-order valence-electron chi connectivity index (χ2n) is 2.04. The zero-order chi connectivity index (χ0) is 6.97. The van der Waals surface area contributed by atoms with E-state index in [-0.39, 0.29) is 0 Å². The number of hydrogen-bond donors (Lipinski definition) is 0. The lowest BCUT2D eigenvalue weighted by molar-refractivity contribution is 0.881. The van der Waals surface area contributed by atoms with Crippen LogP contribution < -0.4 is 0 Å². The third-order valence-corrected chi connectivity index (χ3v) is 1.37. The number of hydrogen-bond acceptors (Lipinski definition) is 3. The fourth-order valence-corrected chi connectivity index (χ4v) is 0.875. The van der Waals surface area contributed by atoms with Crippen molar-refractivity contribution in [3.05, 3.63) is 24.4 Å². The van der Waals surface area contributed by atoms with Crippen LogP contribution in [0.1, 0.15) is 5.69 Å². The van der Waals surface area contributed by atoms with Gasteiger partial charge in [-0.1, -0.05) is 0 Å². The van der Waals surface area contributed by atoms with Gasteiger partial charge >= 0.3 is 0 Å². The predicted molar refractivity (Wildman–Crippen MR) is 35.5 cm³/mol. The quantitative estimate of drug-likeness (QED) is 0.524. The average Bonchev–Trinajstić information content (AvgIpc) is 2.36. The van der Waals surface area contributed by atoms with Crippen LogP contribution in [0, 0.1) is 6.92 Å². The van der Waals surface area contributed by atoms with Gasteiger partial charge in [-0.05, 0) is 6.92 Å². The highest BCUT2D eigenvalue weighted by atomic mass is 15.3. The van der Waals surface area contributed by atoms with Crippen molar-refractivity contribution in [3.8, 4) is 0 Å². The van der Waals surface area contributed by atoms with Gasteiger partial charge in [0.1, 0.15) is 6.33 Å². The minimum atomic E-state index is 0.822. The van der Waals surface area contributed by atoms with Gasteiger partial charge in [0.05, 0.1) is 5.69 Å². The summed E-state index contributed by atoms with van der Waals surface area (Å²) in [5.41, 5.74) is 1.72. The maximum absolute atomic E-state index is 4.06. The third-order valence-electron chi connectivity index (χ3n) is 1.37. The molecule has 0 N–H and O–H groups in total. The molecule has 0 aliphatic carbocycles. The van der Waals surface area contributed by atoms with E-state index in [0.29, 0.717) is 0 Å². The van der Waals surface area contributed by atoms with Crippen molar-refractivity contribution < 1.29 is 0 Å². The first-order valence-electron chi connectivity index (χ1n) is 2.99. The molecule has 2 aromatic rings. The fourth-order valence-electron chi connectivity index (χ4n) is 0.875. The molecule has 2 heterocycles. The zero-order valence-corrected chi connectivity index (χ0v) is 5.52. The topological polar surface area (TPSA) is 43.1 Å². The second kappa shape index (κ2) is 1.76. The monoisotopic (exact) mass is 134 g/mol. The highest BCUT2D eigenvalue weighted by molar-refractivity contribution is 5.40. The molecular weight excluding hydrogens is 128 g/mol. The Morgan fingerprint density at radius 2 is 2.30 bits per heavy atom. The molecule has 0 saturated carbocycles. The molecule has 0 aliphatic heterocycles. The molecule has 0 aromatic carbocycles. The molecule has 0 atom stereocenters. The molecule has 50 valence electrons. The number of aryl methyl sites for hydroxylation is 1. The summed E-state index contributed by atoms with van der Waals surface area (Å²) in [6.07, 6.45) is 5.02. The third kappa shape index (κ3) is 0.586. The van der Waals surface area contributed by atoms with Gasteiger partial charge < -0.3 is 0 Å². The summed E-state index contributed by atoms with van der Waals surface area (Å²) in [5, 5.41) is 3.95. The summed E-state index contributed by atoms with van der Waals surface area (Å²) in [4.78, 5) is 8.04. The molecule has 2 rings (SSSR count). The molecule has 10 heavy (non-hydrogen) atoms. The molecule has 2 aromatic heterocycles. The number of imidazole rings is 1. The smallest absolute Gasteiger partial charge is 0.174 e. The molecule has 0 unspecified atom stereocenters. The van der Waals surface area contributed by atoms with Gasteiger partial charge in [0, 0.05) is 12.4 Å². The summed E-state index contributed by atoms with van der Waals surface area (Å²) >= 11 is 0. The summed E-state index contributed by atoms with van der Waals surface area (Å²) in [6, 6.07) is 0. The predicted octanol–water partition coefficient (Wildman–Crippen LogP) is 0.433. The van der Waals surface area contributed by atoms with E-state index in [0.717, 1.165) is 11.3 Å². The van der Waals surface area contributed by atoms with Crippen LogP contribution in [0.15, 0.2) is 18.7 Å². The minimum absolute atomic E-state index is 0.822. The van der Waals surface area contributed by atoms with E-state index in [4.69, 9.17) is 0 Å². The summed E-state index contributed by atoms with van der Waals surface area (Å²) < 4.78 is 1.70. The molecule has 0 radical (unpaired) electrons. The van der Waals surface area contributed by atoms with Crippen molar-refractivity contribution in [1.82, 2.24) is 19.6 Å². The lowest BCUT2D eigenvalue weighted by Gasteiger charge is -1.91. The molecule has 0 saturated heterocycles. The van der Waals surface area contributed by atoms with Gasteiger partial charge in [-0.25, -0.2) is 14.5 Å². The van der Waals surface area contributed by atoms with E-state index < -0.39 is 0 Å². The maximum atomic E-state index is 4.06. The zero-order valence-electron chi connectivity index (χ0n) is 5.52. The van der Waals surface area contributed by atoms with Crippen molar-refractivity contribution in [3.63, 3.8) is 0 Å². The lowest BCUT2D eigenvalue weighted by Crippen LogP contribution is -1.94. The summed E-state index contributed by atoms with van der Waals surface area (Å²) in [7, 11) is 0. The molecule has 0 aliphatic rings. The van der Waals surface area contributed by atoms with Crippen LogP contribution in [0.3, 0.4) is 0 Å². The molecule has 4 nitrogen and oxygen atoms in total. The van der Waals surface area contributed by atoms with Crippen LogP contribution in [0.25, 0.3) is 5.65 Å². The molecule has 0 amide bonds. The van der Waals surface area contributed by atoms with Gasteiger partial charge in [0.15, 0.2) is 5.65 Å². The largest absolute Gasteiger partial charge is 0.236 e. The Morgan fingerprint density at radius 3 is 3.10 bits per heavy atom. The normalized spacial score (nSPS) is 10.5. The molecular formula is C6H6N4. The first-order chi connectivity index (χ1) is 4.88. The van der Waals surface area contributed by atoms with Gasteiger partial charge in [-0.3, -0.25) is 0 Å². The fraction of sp³-hybridized carbons (Fsp3) is 0.167. The molecule has 0 spiro atoms. The van der Waals surface area contributed by atoms with Crippen molar-refractivity contribution in [2.75, 3.05) is 0 Å². The van der Waals surface area contributed by atoms with E-state index in [1.165, 1.54) is 6.33 Å². The van der Waals surface area contributed by atoms with Gasteiger partial charge in [0.2, 0.25) is 0 Å². The highest BCUT2D eigenvalue weighted by Gasteiger charge is 1.96. The SMILES string of the molecule is Cc1ncnn2ccnc12. The Labute approximate surface area is 57.5 Å². The second-order valence-corrected chi connectivity index (χ2v) is 2.04. The number of nitrogens with zero attached hydrogens (tertiary/aromatic N) is 4. The minimum Gasteiger partial charge on any atom is -0.236 e. The Morgan fingerprint density at radius 1 is 1.40 bits per heavy atom. The van der Waals surface area contributed by atoms with Crippen molar-refractivity contribution in [2.45, 2.75) is 6.92 Å². The van der Waals surface area contributed by atoms with Crippen molar-refractivity contribution in [1.29, 1.82) is 0 Å². The molecule has 4 heteroatoms. The van der Waals surface area contributed by atoms with Crippen LogP contribution in [-0.2, 0) is 0 Å². The first-order valence-corrected chi connectivity index (χ1v) is 2.99. The first kappa shape index (κ1) is 5.34. The van der Waals surface area contributed by atoms with Gasteiger partial charge in [-0.15, -0.1) is 0 Å². The average molecular weight is 134 g/mol. The van der Waals surface area contributed by atoms with Crippen molar-refractivity contribution >= 4 is 5.65 Å². The lowest BCUT2D eigenvalue weighted by atomic mass is 10.5. The Kier molecular flexibility index (Phi) is 0.943. The van der Waals surface area contributed by atoms with Crippen LogP contribution in [0.5, 0.6) is 0 Å². The Bertz CT molecular complexity index is 351. The van der Waals surface area contributed by atoms with E-state index in [1.54, 1.807) is 16.9 Å². The Balaban J connectivity index is 2.95. The number of aromatic nitrogens is 4. The molecule has 0 bridgehead atoms. The van der Waals surface area contributed by atoms with Gasteiger partial charge in [0.25, 0.3) is 0 Å². The van der Waals surface area contributed by atoms with Crippen molar-refractivity contribution in [2.24, 2.45) is 0 Å². The van der Waals surface area contributed by atoms with E-state index in [9.17, 15) is 0 Å². The van der Waals surface area contributed by atoms with E-state index >= 15 is 0 Å². The van der Waals surface area contributed by atoms with Crippen LogP contribution >= 0.6 is 0 Å². The van der Waals surface area contributed by atoms with E-state index in [2.05, 4.69) is 15.1 Å². The van der Waals surface area contributed by atoms with E-state index in [1.807, 2.05) is 6.92 Å². The standard InChI is InChI=1S/C6H6N4/c1-5-6-7-2-3-10(6)9-4-8-5/h2-4H,1H3. The number of rotatable bonds is 0.